The number of rotatable bonds is 3. The van der Waals surface area contributed by atoms with E-state index in [1.165, 1.54) is 0 Å². The lowest BCUT2D eigenvalue weighted by atomic mass is 10.0. The van der Waals surface area contributed by atoms with Crippen molar-refractivity contribution in [2.75, 3.05) is 18.5 Å². The van der Waals surface area contributed by atoms with Crippen molar-refractivity contribution in [1.29, 1.82) is 0 Å². The second kappa shape index (κ2) is 4.72. The molecule has 0 saturated heterocycles. The van der Waals surface area contributed by atoms with Gasteiger partial charge in [-0.2, -0.15) is 0 Å². The fraction of sp³-hybridized carbons (Fsp3) is 0.750. The zero-order valence-corrected chi connectivity index (χ0v) is 11.0. The van der Waals surface area contributed by atoms with Crippen molar-refractivity contribution in [2.24, 2.45) is 5.92 Å². The van der Waals surface area contributed by atoms with Gasteiger partial charge < -0.3 is 10.0 Å². The van der Waals surface area contributed by atoms with Gasteiger partial charge in [0.05, 0.1) is 16.7 Å². The number of anilines is 1. The fourth-order valence-electron chi connectivity index (χ4n) is 2.17. The standard InChI is InChI=1S/C12H20N2OS/c1-8(2)7-14(3)12-13-9-5-4-6-10(15)11(9)16-12/h8,10,15H,4-7H2,1-3H3. The maximum Gasteiger partial charge on any atom is 0.185 e. The Balaban J connectivity index is 2.17. The highest BCUT2D eigenvalue weighted by molar-refractivity contribution is 7.15. The Kier molecular flexibility index (Phi) is 3.50. The highest BCUT2D eigenvalue weighted by atomic mass is 32.1. The van der Waals surface area contributed by atoms with Crippen molar-refractivity contribution >= 4 is 16.5 Å². The van der Waals surface area contributed by atoms with E-state index in [0.717, 1.165) is 41.5 Å². The third-order valence-corrected chi connectivity index (χ3v) is 4.19. The molecule has 0 radical (unpaired) electrons. The van der Waals surface area contributed by atoms with Crippen LogP contribution in [0.1, 0.15) is 43.4 Å². The average Bonchev–Trinajstić information content (AvgIpc) is 2.61. The predicted molar refractivity (Wildman–Crippen MR) is 68.1 cm³/mol. The van der Waals surface area contributed by atoms with Crippen LogP contribution in [0.25, 0.3) is 0 Å². The van der Waals surface area contributed by atoms with Gasteiger partial charge in [0.15, 0.2) is 5.13 Å². The predicted octanol–water partition coefficient (Wildman–Crippen LogP) is 2.61. The monoisotopic (exact) mass is 240 g/mol. The summed E-state index contributed by atoms with van der Waals surface area (Å²) in [6.45, 7) is 5.43. The van der Waals surface area contributed by atoms with Crippen molar-refractivity contribution in [1.82, 2.24) is 4.98 Å². The van der Waals surface area contributed by atoms with E-state index in [1.54, 1.807) is 11.3 Å². The smallest absolute Gasteiger partial charge is 0.185 e. The molecular formula is C12H20N2OS. The highest BCUT2D eigenvalue weighted by Gasteiger charge is 2.23. The van der Waals surface area contributed by atoms with Gasteiger partial charge >= 0.3 is 0 Å². The minimum absolute atomic E-state index is 0.276. The summed E-state index contributed by atoms with van der Waals surface area (Å²) in [6, 6.07) is 0. The SMILES string of the molecule is CC(C)CN(C)c1nc2c(s1)C(O)CCC2. The minimum Gasteiger partial charge on any atom is -0.388 e. The van der Waals surface area contributed by atoms with Crippen LogP contribution in [0.15, 0.2) is 0 Å². The molecule has 3 nitrogen and oxygen atoms in total. The summed E-state index contributed by atoms with van der Waals surface area (Å²) < 4.78 is 0. The van der Waals surface area contributed by atoms with Gasteiger partial charge in [-0.3, -0.25) is 0 Å². The van der Waals surface area contributed by atoms with Crippen LogP contribution < -0.4 is 4.90 Å². The number of hydrogen-bond donors (Lipinski definition) is 1. The molecule has 1 aliphatic carbocycles. The van der Waals surface area contributed by atoms with Gasteiger partial charge in [0.2, 0.25) is 0 Å². The van der Waals surface area contributed by atoms with Gasteiger partial charge in [-0.1, -0.05) is 25.2 Å². The summed E-state index contributed by atoms with van der Waals surface area (Å²) in [5, 5.41) is 10.9. The average molecular weight is 240 g/mol. The summed E-state index contributed by atoms with van der Waals surface area (Å²) in [6.07, 6.45) is 2.70. The first-order valence-electron chi connectivity index (χ1n) is 5.96. The Morgan fingerprint density at radius 1 is 1.56 bits per heavy atom. The molecule has 90 valence electrons. The van der Waals surface area contributed by atoms with Crippen LogP contribution in [0.3, 0.4) is 0 Å². The zero-order chi connectivity index (χ0) is 11.7. The van der Waals surface area contributed by atoms with E-state index in [0.29, 0.717) is 5.92 Å². The van der Waals surface area contributed by atoms with Gasteiger partial charge in [-0.15, -0.1) is 0 Å². The van der Waals surface area contributed by atoms with E-state index in [2.05, 4.69) is 30.8 Å². The van der Waals surface area contributed by atoms with Gasteiger partial charge in [0, 0.05) is 13.6 Å². The van der Waals surface area contributed by atoms with Crippen molar-refractivity contribution < 1.29 is 5.11 Å². The molecule has 4 heteroatoms. The molecule has 0 bridgehead atoms. The van der Waals surface area contributed by atoms with Gasteiger partial charge in [0.25, 0.3) is 0 Å². The highest BCUT2D eigenvalue weighted by Crippen LogP contribution is 2.37. The molecule has 0 fully saturated rings. The van der Waals surface area contributed by atoms with E-state index >= 15 is 0 Å². The molecule has 2 rings (SSSR count). The Morgan fingerprint density at radius 2 is 2.31 bits per heavy atom. The summed E-state index contributed by atoms with van der Waals surface area (Å²) in [4.78, 5) is 7.93. The van der Waals surface area contributed by atoms with Crippen LogP contribution in [0.4, 0.5) is 5.13 Å². The maximum atomic E-state index is 9.89. The number of aryl methyl sites for hydroxylation is 1. The van der Waals surface area contributed by atoms with Gasteiger partial charge in [-0.05, 0) is 25.2 Å². The molecule has 0 saturated carbocycles. The normalized spacial score (nSPS) is 19.9. The van der Waals surface area contributed by atoms with Crippen LogP contribution in [-0.4, -0.2) is 23.7 Å². The van der Waals surface area contributed by atoms with Crippen LogP contribution in [-0.2, 0) is 6.42 Å². The minimum atomic E-state index is -0.276. The molecule has 16 heavy (non-hydrogen) atoms. The summed E-state index contributed by atoms with van der Waals surface area (Å²) in [5.41, 5.74) is 1.12. The second-order valence-electron chi connectivity index (χ2n) is 4.99. The van der Waals surface area contributed by atoms with E-state index < -0.39 is 0 Å². The third kappa shape index (κ3) is 2.38. The van der Waals surface area contributed by atoms with Crippen LogP contribution in [0.2, 0.25) is 0 Å². The Bertz CT molecular complexity index is 362. The summed E-state index contributed by atoms with van der Waals surface area (Å²) >= 11 is 1.66. The van der Waals surface area contributed by atoms with E-state index in [9.17, 15) is 5.11 Å². The van der Waals surface area contributed by atoms with Crippen LogP contribution in [0, 0.1) is 5.92 Å². The lowest BCUT2D eigenvalue weighted by molar-refractivity contribution is 0.160. The van der Waals surface area contributed by atoms with E-state index in [-0.39, 0.29) is 6.10 Å². The first-order valence-corrected chi connectivity index (χ1v) is 6.78. The van der Waals surface area contributed by atoms with Crippen molar-refractivity contribution in [2.45, 2.75) is 39.2 Å². The van der Waals surface area contributed by atoms with Gasteiger partial charge in [0.1, 0.15) is 0 Å². The Hall–Kier alpha value is -0.610. The molecule has 1 unspecified atom stereocenters. The summed E-state index contributed by atoms with van der Waals surface area (Å²) in [5.74, 6) is 0.635. The molecule has 1 aliphatic rings. The first kappa shape index (κ1) is 11.9. The molecule has 1 aromatic heterocycles. The maximum absolute atomic E-state index is 9.89. The lowest BCUT2D eigenvalue weighted by Crippen LogP contribution is -2.22. The number of aliphatic hydroxyl groups is 1. The quantitative estimate of drug-likeness (QED) is 0.882. The number of thiazole rings is 1. The molecule has 1 aromatic rings. The molecule has 1 N–H and O–H groups in total. The van der Waals surface area contributed by atoms with E-state index in [4.69, 9.17) is 0 Å². The number of hydrogen-bond acceptors (Lipinski definition) is 4. The largest absolute Gasteiger partial charge is 0.388 e. The summed E-state index contributed by atoms with van der Waals surface area (Å²) in [7, 11) is 2.08. The topological polar surface area (TPSA) is 36.4 Å². The van der Waals surface area contributed by atoms with Crippen LogP contribution in [0.5, 0.6) is 0 Å². The molecule has 0 aromatic carbocycles. The molecule has 0 spiro atoms. The molecular weight excluding hydrogens is 220 g/mol. The molecule has 1 atom stereocenters. The zero-order valence-electron chi connectivity index (χ0n) is 10.2. The van der Waals surface area contributed by atoms with E-state index in [1.807, 2.05) is 0 Å². The molecule has 1 heterocycles. The van der Waals surface area contributed by atoms with Crippen LogP contribution >= 0.6 is 11.3 Å². The number of fused-ring (bicyclic) bond motifs is 1. The Morgan fingerprint density at radius 3 is 2.94 bits per heavy atom. The van der Waals surface area contributed by atoms with Crippen molar-refractivity contribution in [3.05, 3.63) is 10.6 Å². The fourth-order valence-corrected chi connectivity index (χ4v) is 3.28. The number of nitrogens with zero attached hydrogens (tertiary/aromatic N) is 2. The molecule has 0 aliphatic heterocycles. The molecule has 0 amide bonds. The number of aromatic nitrogens is 1. The number of aliphatic hydroxyl groups excluding tert-OH is 1. The lowest BCUT2D eigenvalue weighted by Gasteiger charge is -2.17. The van der Waals surface area contributed by atoms with Crippen molar-refractivity contribution in [3.63, 3.8) is 0 Å². The third-order valence-electron chi connectivity index (χ3n) is 2.88. The van der Waals surface area contributed by atoms with Crippen molar-refractivity contribution in [3.8, 4) is 0 Å². The van der Waals surface area contributed by atoms with Gasteiger partial charge in [-0.25, -0.2) is 4.98 Å². The second-order valence-corrected chi connectivity index (χ2v) is 6.00. The Labute approximate surface area is 101 Å². The first-order chi connectivity index (χ1) is 7.58.